The number of nitrogens with zero attached hydrogens (tertiary/aromatic N) is 3. The fraction of sp³-hybridized carbons (Fsp3) is 0.333. The standard InChI is InChI=1S/C12H14Br2N4O/c1-18-7-16-17-11(18)2-3-15-6-8-4-9(13)12(19)10(14)5-8/h4-5,7,15,19H,2-3,6H2,1H3. The Bertz CT molecular complexity index is 548. The van der Waals surface area contributed by atoms with Gasteiger partial charge in [-0.15, -0.1) is 10.2 Å². The van der Waals surface area contributed by atoms with Crippen molar-refractivity contribution in [2.75, 3.05) is 6.54 Å². The second-order valence-electron chi connectivity index (χ2n) is 4.19. The van der Waals surface area contributed by atoms with E-state index in [2.05, 4.69) is 47.4 Å². The van der Waals surface area contributed by atoms with Crippen LogP contribution in [-0.4, -0.2) is 26.4 Å². The number of aromatic hydroxyl groups is 1. The van der Waals surface area contributed by atoms with Gasteiger partial charge in [0.15, 0.2) is 0 Å². The van der Waals surface area contributed by atoms with Gasteiger partial charge in [-0.3, -0.25) is 0 Å². The summed E-state index contributed by atoms with van der Waals surface area (Å²) in [6, 6.07) is 3.80. The summed E-state index contributed by atoms with van der Waals surface area (Å²) in [7, 11) is 1.93. The van der Waals surface area contributed by atoms with Gasteiger partial charge in [-0.05, 0) is 49.6 Å². The Kier molecular flexibility index (Phi) is 4.95. The maximum absolute atomic E-state index is 9.63. The number of nitrogens with one attached hydrogen (secondary N) is 1. The maximum atomic E-state index is 9.63. The van der Waals surface area contributed by atoms with E-state index < -0.39 is 0 Å². The van der Waals surface area contributed by atoms with Gasteiger partial charge in [0.25, 0.3) is 0 Å². The molecule has 2 rings (SSSR count). The fourth-order valence-electron chi connectivity index (χ4n) is 1.69. The minimum absolute atomic E-state index is 0.225. The molecule has 0 amide bonds. The van der Waals surface area contributed by atoms with Crippen LogP contribution in [-0.2, 0) is 20.0 Å². The molecule has 1 aromatic heterocycles. The molecule has 0 radical (unpaired) electrons. The van der Waals surface area contributed by atoms with Gasteiger partial charge in [0.1, 0.15) is 17.9 Å². The topological polar surface area (TPSA) is 63.0 Å². The minimum Gasteiger partial charge on any atom is -0.506 e. The summed E-state index contributed by atoms with van der Waals surface area (Å²) in [4.78, 5) is 0. The number of aryl methyl sites for hydroxylation is 1. The zero-order valence-corrected chi connectivity index (χ0v) is 13.6. The molecule has 102 valence electrons. The van der Waals surface area contributed by atoms with Crippen LogP contribution in [0.15, 0.2) is 27.4 Å². The molecule has 1 aromatic carbocycles. The molecular formula is C12H14Br2N4O. The Balaban J connectivity index is 1.85. The highest BCUT2D eigenvalue weighted by Gasteiger charge is 2.06. The van der Waals surface area contributed by atoms with Crippen molar-refractivity contribution < 1.29 is 5.11 Å². The molecule has 0 aliphatic heterocycles. The number of rotatable bonds is 5. The second-order valence-corrected chi connectivity index (χ2v) is 5.90. The fourth-order valence-corrected chi connectivity index (χ4v) is 2.97. The maximum Gasteiger partial charge on any atom is 0.143 e. The van der Waals surface area contributed by atoms with Crippen molar-refractivity contribution in [1.29, 1.82) is 0 Å². The molecule has 0 bridgehead atoms. The van der Waals surface area contributed by atoms with Crippen LogP contribution in [0.1, 0.15) is 11.4 Å². The molecule has 0 atom stereocenters. The number of hydrogen-bond donors (Lipinski definition) is 2. The van der Waals surface area contributed by atoms with Crippen LogP contribution in [0.2, 0.25) is 0 Å². The van der Waals surface area contributed by atoms with E-state index >= 15 is 0 Å². The van der Waals surface area contributed by atoms with Gasteiger partial charge in [0.05, 0.1) is 8.95 Å². The smallest absolute Gasteiger partial charge is 0.143 e. The zero-order chi connectivity index (χ0) is 13.8. The van der Waals surface area contributed by atoms with Crippen LogP contribution in [0.3, 0.4) is 0 Å². The highest BCUT2D eigenvalue weighted by atomic mass is 79.9. The molecule has 5 nitrogen and oxygen atoms in total. The molecule has 1 heterocycles. The first kappa shape index (κ1) is 14.5. The van der Waals surface area contributed by atoms with E-state index in [9.17, 15) is 5.11 Å². The third-order valence-electron chi connectivity index (χ3n) is 2.74. The van der Waals surface area contributed by atoms with E-state index in [1.807, 2.05) is 23.7 Å². The monoisotopic (exact) mass is 388 g/mol. The molecule has 0 fully saturated rings. The van der Waals surface area contributed by atoms with Gasteiger partial charge in [0.2, 0.25) is 0 Å². The molecule has 0 spiro atoms. The molecular weight excluding hydrogens is 376 g/mol. The molecule has 0 unspecified atom stereocenters. The predicted molar refractivity (Wildman–Crippen MR) is 79.9 cm³/mol. The summed E-state index contributed by atoms with van der Waals surface area (Å²) >= 11 is 6.64. The zero-order valence-electron chi connectivity index (χ0n) is 10.4. The van der Waals surface area contributed by atoms with Crippen LogP contribution in [0, 0.1) is 0 Å². The summed E-state index contributed by atoms with van der Waals surface area (Å²) in [5, 5.41) is 20.8. The number of phenols is 1. The third kappa shape index (κ3) is 3.77. The largest absolute Gasteiger partial charge is 0.506 e. The molecule has 2 N–H and O–H groups in total. The van der Waals surface area contributed by atoms with Crippen molar-refractivity contribution in [3.63, 3.8) is 0 Å². The van der Waals surface area contributed by atoms with Crippen molar-refractivity contribution in [1.82, 2.24) is 20.1 Å². The average Bonchev–Trinajstić information content (AvgIpc) is 2.77. The predicted octanol–water partition coefficient (Wildman–Crippen LogP) is 2.38. The van der Waals surface area contributed by atoms with Crippen LogP contribution in [0.4, 0.5) is 0 Å². The van der Waals surface area contributed by atoms with Gasteiger partial charge in [-0.2, -0.15) is 0 Å². The molecule has 19 heavy (non-hydrogen) atoms. The van der Waals surface area contributed by atoms with Crippen LogP contribution >= 0.6 is 31.9 Å². The number of aromatic nitrogens is 3. The van der Waals surface area contributed by atoms with E-state index in [0.717, 1.165) is 30.9 Å². The lowest BCUT2D eigenvalue weighted by Gasteiger charge is -2.07. The highest BCUT2D eigenvalue weighted by Crippen LogP contribution is 2.33. The van der Waals surface area contributed by atoms with E-state index in [-0.39, 0.29) is 5.75 Å². The lowest BCUT2D eigenvalue weighted by Crippen LogP contribution is -2.18. The van der Waals surface area contributed by atoms with Crippen LogP contribution < -0.4 is 5.32 Å². The Morgan fingerprint density at radius 1 is 1.32 bits per heavy atom. The van der Waals surface area contributed by atoms with Crippen LogP contribution in [0.5, 0.6) is 5.75 Å². The molecule has 7 heteroatoms. The summed E-state index contributed by atoms with van der Waals surface area (Å²) < 4.78 is 3.29. The highest BCUT2D eigenvalue weighted by molar-refractivity contribution is 9.11. The Morgan fingerprint density at radius 2 is 2.00 bits per heavy atom. The average molecular weight is 390 g/mol. The summed E-state index contributed by atoms with van der Waals surface area (Å²) in [6.07, 6.45) is 2.53. The number of benzene rings is 1. The van der Waals surface area contributed by atoms with Crippen molar-refractivity contribution in [2.45, 2.75) is 13.0 Å². The number of phenolic OH excluding ortho intramolecular Hbond substituents is 1. The summed E-state index contributed by atoms with van der Waals surface area (Å²) in [5.41, 5.74) is 1.09. The first-order chi connectivity index (χ1) is 9.08. The first-order valence-corrected chi connectivity index (χ1v) is 7.37. The van der Waals surface area contributed by atoms with Crippen molar-refractivity contribution in [3.05, 3.63) is 38.8 Å². The van der Waals surface area contributed by atoms with Gasteiger partial charge >= 0.3 is 0 Å². The van der Waals surface area contributed by atoms with E-state index in [1.54, 1.807) is 6.33 Å². The van der Waals surface area contributed by atoms with Gasteiger partial charge in [-0.25, -0.2) is 0 Å². The third-order valence-corrected chi connectivity index (χ3v) is 3.95. The Morgan fingerprint density at radius 3 is 2.58 bits per heavy atom. The van der Waals surface area contributed by atoms with Gasteiger partial charge < -0.3 is 15.0 Å². The summed E-state index contributed by atoms with van der Waals surface area (Å²) in [6.45, 7) is 1.55. The second kappa shape index (κ2) is 6.49. The Labute approximate surface area is 128 Å². The van der Waals surface area contributed by atoms with Crippen molar-refractivity contribution >= 4 is 31.9 Å². The van der Waals surface area contributed by atoms with E-state index in [1.165, 1.54) is 0 Å². The van der Waals surface area contributed by atoms with E-state index in [0.29, 0.717) is 8.95 Å². The summed E-state index contributed by atoms with van der Waals surface area (Å²) in [5.74, 6) is 1.18. The van der Waals surface area contributed by atoms with Crippen molar-refractivity contribution in [3.8, 4) is 5.75 Å². The lowest BCUT2D eigenvalue weighted by atomic mass is 10.2. The van der Waals surface area contributed by atoms with Crippen molar-refractivity contribution in [2.24, 2.45) is 7.05 Å². The SMILES string of the molecule is Cn1cnnc1CCNCc1cc(Br)c(O)c(Br)c1. The number of hydrogen-bond acceptors (Lipinski definition) is 4. The molecule has 2 aromatic rings. The molecule has 0 aliphatic carbocycles. The normalized spacial score (nSPS) is 10.9. The quantitative estimate of drug-likeness (QED) is 0.770. The molecule has 0 saturated heterocycles. The molecule has 0 saturated carbocycles. The molecule has 0 aliphatic rings. The van der Waals surface area contributed by atoms with Crippen LogP contribution in [0.25, 0.3) is 0 Å². The van der Waals surface area contributed by atoms with Gasteiger partial charge in [-0.1, -0.05) is 0 Å². The van der Waals surface area contributed by atoms with E-state index in [4.69, 9.17) is 0 Å². The minimum atomic E-state index is 0.225. The first-order valence-electron chi connectivity index (χ1n) is 5.78. The number of halogens is 2. The van der Waals surface area contributed by atoms with Gasteiger partial charge in [0, 0.05) is 26.6 Å². The Hall–Kier alpha value is -0.920. The lowest BCUT2D eigenvalue weighted by molar-refractivity contribution is 0.468.